The molecule has 0 atom stereocenters. The van der Waals surface area contributed by atoms with E-state index in [1.807, 2.05) is 18.7 Å². The second-order valence-electron chi connectivity index (χ2n) is 5.56. The van der Waals surface area contributed by atoms with Crippen molar-refractivity contribution in [1.82, 2.24) is 10.2 Å². The Morgan fingerprint density at radius 2 is 1.71 bits per heavy atom. The van der Waals surface area contributed by atoms with Gasteiger partial charge in [-0.15, -0.1) is 12.4 Å². The van der Waals surface area contributed by atoms with Crippen LogP contribution in [-0.4, -0.2) is 41.9 Å². The molecule has 124 valence electrons. The highest BCUT2D eigenvalue weighted by Gasteiger charge is 2.42. The van der Waals surface area contributed by atoms with E-state index in [2.05, 4.69) is 5.32 Å². The van der Waals surface area contributed by atoms with Crippen molar-refractivity contribution >= 4 is 24.2 Å². The first kappa shape index (κ1) is 20.2. The molecule has 21 heavy (non-hydrogen) atoms. The van der Waals surface area contributed by atoms with Crippen LogP contribution in [-0.2, 0) is 9.59 Å². The number of hydrogen-bond donors (Lipinski definition) is 2. The van der Waals surface area contributed by atoms with E-state index in [1.165, 1.54) is 0 Å². The second kappa shape index (κ2) is 10.0. The summed E-state index contributed by atoms with van der Waals surface area (Å²) in [5.41, 5.74) is 4.77. The van der Waals surface area contributed by atoms with Crippen molar-refractivity contribution in [3.8, 4) is 0 Å². The first-order valence-corrected chi connectivity index (χ1v) is 7.90. The number of halogens is 1. The number of carbonyl (C=O) groups is 2. The van der Waals surface area contributed by atoms with E-state index in [-0.39, 0.29) is 24.2 Å². The smallest absolute Gasteiger partial charge is 0.248 e. The topological polar surface area (TPSA) is 75.4 Å². The van der Waals surface area contributed by atoms with Gasteiger partial charge in [-0.2, -0.15) is 0 Å². The molecule has 5 nitrogen and oxygen atoms in total. The zero-order chi connectivity index (χ0) is 15.0. The fraction of sp³-hybridized carbons (Fsp3) is 0.867. The maximum absolute atomic E-state index is 12.8. The van der Waals surface area contributed by atoms with Gasteiger partial charge >= 0.3 is 0 Å². The predicted molar refractivity (Wildman–Crippen MR) is 87.4 cm³/mol. The average molecular weight is 320 g/mol. The molecule has 1 aliphatic carbocycles. The van der Waals surface area contributed by atoms with E-state index in [1.54, 1.807) is 0 Å². The Morgan fingerprint density at radius 1 is 1.14 bits per heavy atom. The Kier molecular flexibility index (Phi) is 9.62. The summed E-state index contributed by atoms with van der Waals surface area (Å²) in [7, 11) is 0. The van der Waals surface area contributed by atoms with Gasteiger partial charge in [-0.1, -0.05) is 19.3 Å². The van der Waals surface area contributed by atoms with Crippen LogP contribution in [0.3, 0.4) is 0 Å². The van der Waals surface area contributed by atoms with Crippen molar-refractivity contribution < 1.29 is 9.59 Å². The number of nitrogens with zero attached hydrogens (tertiary/aromatic N) is 1. The van der Waals surface area contributed by atoms with Gasteiger partial charge in [0.1, 0.15) is 5.54 Å². The van der Waals surface area contributed by atoms with Gasteiger partial charge in [-0.25, -0.2) is 0 Å². The van der Waals surface area contributed by atoms with Crippen LogP contribution in [0.25, 0.3) is 0 Å². The van der Waals surface area contributed by atoms with Crippen LogP contribution >= 0.6 is 12.4 Å². The summed E-state index contributed by atoms with van der Waals surface area (Å²) in [4.78, 5) is 26.6. The monoisotopic (exact) mass is 319 g/mol. The van der Waals surface area contributed by atoms with Crippen LogP contribution in [0.2, 0.25) is 0 Å². The minimum atomic E-state index is -0.671. The molecule has 1 fully saturated rings. The normalized spacial score (nSPS) is 16.7. The van der Waals surface area contributed by atoms with E-state index in [0.717, 1.165) is 32.1 Å². The van der Waals surface area contributed by atoms with Gasteiger partial charge in [0.15, 0.2) is 0 Å². The quantitative estimate of drug-likeness (QED) is 0.751. The third-order valence-electron chi connectivity index (χ3n) is 4.15. The molecule has 0 spiro atoms. The molecule has 3 N–H and O–H groups in total. The van der Waals surface area contributed by atoms with Gasteiger partial charge in [-0.05, 0) is 39.7 Å². The largest absolute Gasteiger partial charge is 0.342 e. The second-order valence-corrected chi connectivity index (χ2v) is 5.56. The average Bonchev–Trinajstić information content (AvgIpc) is 2.47. The first-order chi connectivity index (χ1) is 9.59. The van der Waals surface area contributed by atoms with Gasteiger partial charge in [0, 0.05) is 19.5 Å². The predicted octanol–water partition coefficient (Wildman–Crippen LogP) is 1.83. The maximum Gasteiger partial charge on any atom is 0.248 e. The molecule has 1 rings (SSSR count). The van der Waals surface area contributed by atoms with Crippen molar-refractivity contribution in [3.05, 3.63) is 0 Å². The molecule has 0 aliphatic heterocycles. The number of carbonyl (C=O) groups excluding carboxylic acids is 2. The number of rotatable bonds is 7. The third-order valence-corrected chi connectivity index (χ3v) is 4.15. The Morgan fingerprint density at radius 3 is 2.19 bits per heavy atom. The maximum atomic E-state index is 12.8. The molecule has 0 aromatic rings. The number of nitrogens with one attached hydrogen (secondary N) is 1. The lowest BCUT2D eigenvalue weighted by Crippen LogP contribution is -2.60. The van der Waals surface area contributed by atoms with Crippen molar-refractivity contribution in [3.63, 3.8) is 0 Å². The van der Waals surface area contributed by atoms with Crippen LogP contribution in [0.15, 0.2) is 0 Å². The lowest BCUT2D eigenvalue weighted by atomic mass is 9.80. The van der Waals surface area contributed by atoms with Gasteiger partial charge in [0.2, 0.25) is 11.8 Å². The number of hydrogen-bond acceptors (Lipinski definition) is 3. The zero-order valence-electron chi connectivity index (χ0n) is 13.3. The zero-order valence-corrected chi connectivity index (χ0v) is 14.1. The highest BCUT2D eigenvalue weighted by molar-refractivity contribution is 5.91. The summed E-state index contributed by atoms with van der Waals surface area (Å²) in [5, 5.41) is 3.03. The summed E-state index contributed by atoms with van der Waals surface area (Å²) in [5.74, 6) is 0.0427. The van der Waals surface area contributed by atoms with Gasteiger partial charge in [-0.3, -0.25) is 9.59 Å². The minimum absolute atomic E-state index is 0. The lowest BCUT2D eigenvalue weighted by molar-refractivity contribution is -0.143. The Balaban J connectivity index is 0.00000400. The Bertz CT molecular complexity index is 327. The van der Waals surface area contributed by atoms with E-state index in [4.69, 9.17) is 5.73 Å². The van der Waals surface area contributed by atoms with Crippen LogP contribution in [0.4, 0.5) is 0 Å². The van der Waals surface area contributed by atoms with Crippen LogP contribution in [0, 0.1) is 0 Å². The van der Waals surface area contributed by atoms with Crippen molar-refractivity contribution in [2.45, 2.75) is 64.3 Å². The summed E-state index contributed by atoms with van der Waals surface area (Å²) in [6.07, 6.45) is 5.75. The number of amides is 2. The fourth-order valence-electron chi connectivity index (χ4n) is 2.95. The molecule has 0 radical (unpaired) electrons. The molecule has 0 bridgehead atoms. The van der Waals surface area contributed by atoms with Crippen molar-refractivity contribution in [1.29, 1.82) is 0 Å². The fourth-order valence-corrected chi connectivity index (χ4v) is 2.95. The molecule has 0 heterocycles. The lowest BCUT2D eigenvalue weighted by Gasteiger charge is -2.40. The summed E-state index contributed by atoms with van der Waals surface area (Å²) >= 11 is 0. The third kappa shape index (κ3) is 5.47. The molecule has 0 aromatic heterocycles. The molecule has 0 aromatic carbocycles. The number of nitrogens with two attached hydrogens (primary N) is 1. The van der Waals surface area contributed by atoms with E-state index < -0.39 is 5.54 Å². The van der Waals surface area contributed by atoms with Gasteiger partial charge in [0.05, 0.1) is 0 Å². The van der Waals surface area contributed by atoms with Crippen LogP contribution in [0.5, 0.6) is 0 Å². The Labute approximate surface area is 134 Å². The van der Waals surface area contributed by atoms with Gasteiger partial charge in [0.25, 0.3) is 0 Å². The molecular weight excluding hydrogens is 290 g/mol. The summed E-state index contributed by atoms with van der Waals surface area (Å²) < 4.78 is 0. The molecule has 1 saturated carbocycles. The minimum Gasteiger partial charge on any atom is -0.342 e. The van der Waals surface area contributed by atoms with E-state index in [0.29, 0.717) is 32.5 Å². The van der Waals surface area contributed by atoms with Crippen LogP contribution in [0.1, 0.15) is 58.8 Å². The van der Waals surface area contributed by atoms with Crippen LogP contribution < -0.4 is 11.1 Å². The summed E-state index contributed by atoms with van der Waals surface area (Å²) in [6.45, 7) is 5.85. The molecular formula is C15H30ClN3O2. The standard InChI is InChI=1S/C15H29N3O2.ClH/c1-3-18(4-2)14(20)15(10-6-5-7-11-15)17-13(19)9-8-12-16;/h3-12,16H2,1-2H3,(H,17,19);1H. The molecule has 6 heteroatoms. The first-order valence-electron chi connectivity index (χ1n) is 7.90. The number of likely N-dealkylation sites (N-methyl/N-ethyl adjacent to an activating group) is 1. The molecule has 0 saturated heterocycles. The molecule has 1 aliphatic rings. The Hall–Kier alpha value is -0.810. The van der Waals surface area contributed by atoms with Crippen molar-refractivity contribution in [2.24, 2.45) is 5.73 Å². The van der Waals surface area contributed by atoms with Gasteiger partial charge < -0.3 is 16.0 Å². The highest BCUT2D eigenvalue weighted by atomic mass is 35.5. The van der Waals surface area contributed by atoms with Crippen molar-refractivity contribution in [2.75, 3.05) is 19.6 Å². The molecule has 0 unspecified atom stereocenters. The SMILES string of the molecule is CCN(CC)C(=O)C1(NC(=O)CCCN)CCCCC1.Cl. The van der Waals surface area contributed by atoms with E-state index >= 15 is 0 Å². The highest BCUT2D eigenvalue weighted by Crippen LogP contribution is 2.30. The molecule has 2 amide bonds. The van der Waals surface area contributed by atoms with E-state index in [9.17, 15) is 9.59 Å². The summed E-state index contributed by atoms with van der Waals surface area (Å²) in [6, 6.07) is 0.